The van der Waals surface area contributed by atoms with Gasteiger partial charge in [-0.3, -0.25) is 10.1 Å². The molecule has 2 aromatic rings. The van der Waals surface area contributed by atoms with Gasteiger partial charge in [-0.25, -0.2) is 9.48 Å². The van der Waals surface area contributed by atoms with Crippen LogP contribution in [0.25, 0.3) is 5.69 Å². The predicted molar refractivity (Wildman–Crippen MR) is 62.2 cm³/mol. The number of nitro benzene ring substituents is 1. The van der Waals surface area contributed by atoms with E-state index in [9.17, 15) is 28.1 Å². The maximum atomic E-state index is 12.5. The van der Waals surface area contributed by atoms with E-state index in [4.69, 9.17) is 5.11 Å². The second kappa shape index (κ2) is 4.89. The molecule has 0 radical (unpaired) electrons. The van der Waals surface area contributed by atoms with Crippen LogP contribution in [0.4, 0.5) is 18.9 Å². The summed E-state index contributed by atoms with van der Waals surface area (Å²) < 4.78 is 38.2. The first-order valence-corrected chi connectivity index (χ1v) is 5.34. The number of aromatic carboxylic acids is 1. The lowest BCUT2D eigenvalue weighted by Crippen LogP contribution is -2.07. The van der Waals surface area contributed by atoms with Gasteiger partial charge in [0.1, 0.15) is 0 Å². The number of rotatable bonds is 3. The van der Waals surface area contributed by atoms with Crippen molar-refractivity contribution >= 4 is 11.7 Å². The quantitative estimate of drug-likeness (QED) is 0.693. The normalized spacial score (nSPS) is 11.4. The zero-order chi connectivity index (χ0) is 15.8. The van der Waals surface area contributed by atoms with Crippen molar-refractivity contribution in [2.24, 2.45) is 0 Å². The molecule has 0 aliphatic carbocycles. The molecule has 1 N–H and O–H groups in total. The Kier molecular flexibility index (Phi) is 3.37. The Morgan fingerprint density at radius 2 is 2.05 bits per heavy atom. The van der Waals surface area contributed by atoms with Crippen molar-refractivity contribution in [3.05, 3.63) is 51.8 Å². The van der Waals surface area contributed by atoms with Crippen LogP contribution in [0.2, 0.25) is 0 Å². The highest BCUT2D eigenvalue weighted by molar-refractivity contribution is 5.92. The van der Waals surface area contributed by atoms with Gasteiger partial charge in [-0.2, -0.15) is 18.3 Å². The molecule has 21 heavy (non-hydrogen) atoms. The first kappa shape index (κ1) is 14.5. The molecule has 1 aromatic heterocycles. The Balaban J connectivity index is 2.56. The smallest absolute Gasteiger partial charge is 0.419 e. The van der Waals surface area contributed by atoms with E-state index in [2.05, 4.69) is 5.10 Å². The number of alkyl halides is 3. The highest BCUT2D eigenvalue weighted by atomic mass is 19.4. The van der Waals surface area contributed by atoms with Gasteiger partial charge in [0.2, 0.25) is 0 Å². The van der Waals surface area contributed by atoms with Crippen LogP contribution >= 0.6 is 0 Å². The maximum absolute atomic E-state index is 12.5. The highest BCUT2D eigenvalue weighted by Gasteiger charge is 2.32. The number of hydrogen-bond donors (Lipinski definition) is 1. The van der Waals surface area contributed by atoms with Crippen molar-refractivity contribution in [2.75, 3.05) is 0 Å². The Morgan fingerprint density at radius 3 is 2.52 bits per heavy atom. The predicted octanol–water partition coefficient (Wildman–Crippen LogP) is 2.50. The van der Waals surface area contributed by atoms with Gasteiger partial charge in [0.15, 0.2) is 0 Å². The summed E-state index contributed by atoms with van der Waals surface area (Å²) >= 11 is 0. The van der Waals surface area contributed by atoms with Gasteiger partial charge in [0, 0.05) is 18.3 Å². The zero-order valence-electron chi connectivity index (χ0n) is 10.0. The van der Waals surface area contributed by atoms with Gasteiger partial charge in [-0.1, -0.05) is 0 Å². The number of halogens is 3. The summed E-state index contributed by atoms with van der Waals surface area (Å²) in [6.45, 7) is 0. The Labute approximate surface area is 114 Å². The fourth-order valence-electron chi connectivity index (χ4n) is 1.61. The van der Waals surface area contributed by atoms with Gasteiger partial charge in [-0.05, 0) is 6.07 Å². The average molecular weight is 301 g/mol. The molecule has 0 spiro atoms. The molecule has 0 aliphatic rings. The van der Waals surface area contributed by atoms with Crippen molar-refractivity contribution in [1.82, 2.24) is 9.78 Å². The summed E-state index contributed by atoms with van der Waals surface area (Å²) in [6, 6.07) is 2.76. The van der Waals surface area contributed by atoms with Gasteiger partial charge in [-0.15, -0.1) is 0 Å². The van der Waals surface area contributed by atoms with E-state index in [1.807, 2.05) is 0 Å². The Hall–Kier alpha value is -2.91. The minimum atomic E-state index is -4.62. The highest BCUT2D eigenvalue weighted by Crippen LogP contribution is 2.30. The summed E-state index contributed by atoms with van der Waals surface area (Å²) in [4.78, 5) is 20.9. The molecule has 10 heteroatoms. The summed E-state index contributed by atoms with van der Waals surface area (Å²) in [6.07, 6.45) is -3.48. The topological polar surface area (TPSA) is 98.3 Å². The van der Waals surface area contributed by atoms with E-state index < -0.39 is 33.9 Å². The molecule has 0 atom stereocenters. The Bertz CT molecular complexity index is 724. The van der Waals surface area contributed by atoms with Gasteiger partial charge >= 0.3 is 12.1 Å². The van der Waals surface area contributed by atoms with Crippen LogP contribution in [0.1, 0.15) is 15.9 Å². The molecule has 2 rings (SSSR count). The SMILES string of the molecule is O=C(O)c1cc([N+](=O)[O-])ccc1-n1cc(C(F)(F)F)cn1. The lowest BCUT2D eigenvalue weighted by Gasteiger charge is -2.06. The van der Waals surface area contributed by atoms with E-state index in [1.165, 1.54) is 0 Å². The van der Waals surface area contributed by atoms with Crippen molar-refractivity contribution in [3.8, 4) is 5.69 Å². The molecule has 0 unspecified atom stereocenters. The molecule has 1 heterocycles. The first-order valence-electron chi connectivity index (χ1n) is 5.34. The third-order valence-electron chi connectivity index (χ3n) is 2.58. The summed E-state index contributed by atoms with van der Waals surface area (Å²) in [5.74, 6) is -1.52. The summed E-state index contributed by atoms with van der Waals surface area (Å²) in [7, 11) is 0. The second-order valence-electron chi connectivity index (χ2n) is 3.94. The van der Waals surface area contributed by atoms with Crippen LogP contribution in [-0.4, -0.2) is 25.8 Å². The minimum absolute atomic E-state index is 0.205. The van der Waals surface area contributed by atoms with Crippen LogP contribution in [0.3, 0.4) is 0 Å². The van der Waals surface area contributed by atoms with Crippen molar-refractivity contribution in [3.63, 3.8) is 0 Å². The molecule has 1 aromatic carbocycles. The largest absolute Gasteiger partial charge is 0.478 e. The average Bonchev–Trinajstić information content (AvgIpc) is 2.87. The molecule has 0 fully saturated rings. The number of nitro groups is 1. The lowest BCUT2D eigenvalue weighted by atomic mass is 10.1. The molecule has 110 valence electrons. The van der Waals surface area contributed by atoms with Gasteiger partial charge < -0.3 is 5.11 Å². The van der Waals surface area contributed by atoms with E-state index in [-0.39, 0.29) is 5.69 Å². The van der Waals surface area contributed by atoms with E-state index in [0.717, 1.165) is 18.2 Å². The van der Waals surface area contributed by atoms with E-state index in [0.29, 0.717) is 17.1 Å². The van der Waals surface area contributed by atoms with Crippen LogP contribution < -0.4 is 0 Å². The van der Waals surface area contributed by atoms with Crippen LogP contribution in [0.5, 0.6) is 0 Å². The molecule has 0 bridgehead atoms. The maximum Gasteiger partial charge on any atom is 0.419 e. The molecular formula is C11H6F3N3O4. The minimum Gasteiger partial charge on any atom is -0.478 e. The summed E-state index contributed by atoms with van der Waals surface area (Å²) in [5.41, 5.74) is -2.28. The van der Waals surface area contributed by atoms with Crippen LogP contribution in [0.15, 0.2) is 30.6 Å². The van der Waals surface area contributed by atoms with Crippen molar-refractivity contribution in [1.29, 1.82) is 0 Å². The molecular weight excluding hydrogens is 295 g/mol. The van der Waals surface area contributed by atoms with Gasteiger partial charge in [0.05, 0.1) is 27.9 Å². The van der Waals surface area contributed by atoms with Crippen molar-refractivity contribution < 1.29 is 28.0 Å². The third-order valence-corrected chi connectivity index (χ3v) is 2.58. The Morgan fingerprint density at radius 1 is 1.38 bits per heavy atom. The van der Waals surface area contributed by atoms with Crippen molar-refractivity contribution in [2.45, 2.75) is 6.18 Å². The third kappa shape index (κ3) is 2.83. The fourth-order valence-corrected chi connectivity index (χ4v) is 1.61. The molecule has 0 amide bonds. The summed E-state index contributed by atoms with van der Waals surface area (Å²) in [5, 5.41) is 23.0. The number of benzene rings is 1. The molecule has 0 saturated heterocycles. The monoisotopic (exact) mass is 301 g/mol. The number of nitrogens with zero attached hydrogens (tertiary/aromatic N) is 3. The lowest BCUT2D eigenvalue weighted by molar-refractivity contribution is -0.384. The van der Waals surface area contributed by atoms with E-state index in [1.54, 1.807) is 0 Å². The fraction of sp³-hybridized carbons (Fsp3) is 0.0909. The molecule has 7 nitrogen and oxygen atoms in total. The number of carboxylic acid groups (broad SMARTS) is 1. The van der Waals surface area contributed by atoms with E-state index >= 15 is 0 Å². The number of aromatic nitrogens is 2. The number of non-ortho nitro benzene ring substituents is 1. The second-order valence-corrected chi connectivity index (χ2v) is 3.94. The number of carbonyl (C=O) groups is 1. The molecule has 0 aliphatic heterocycles. The first-order chi connectivity index (χ1) is 9.70. The zero-order valence-corrected chi connectivity index (χ0v) is 10.0. The number of carboxylic acids is 1. The molecule has 0 saturated carbocycles. The van der Waals surface area contributed by atoms with Crippen LogP contribution in [-0.2, 0) is 6.18 Å². The standard InChI is InChI=1S/C11H6F3N3O4/c12-11(13,14)6-4-15-16(5-6)9-2-1-7(17(20)21)3-8(9)10(18)19/h1-5H,(H,18,19). The van der Waals surface area contributed by atoms with Crippen LogP contribution in [0, 0.1) is 10.1 Å². The number of hydrogen-bond acceptors (Lipinski definition) is 4. The van der Waals surface area contributed by atoms with Gasteiger partial charge in [0.25, 0.3) is 5.69 Å².